The van der Waals surface area contributed by atoms with E-state index in [9.17, 15) is 14.0 Å². The van der Waals surface area contributed by atoms with E-state index in [4.69, 9.17) is 9.84 Å². The Hall–Kier alpha value is -2.93. The van der Waals surface area contributed by atoms with E-state index in [0.717, 1.165) is 12.0 Å². The largest absolute Gasteiger partial charge is 0.486 e. The molecule has 3 N–H and O–H groups in total. The average molecular weight is 412 g/mol. The van der Waals surface area contributed by atoms with Crippen molar-refractivity contribution in [2.24, 2.45) is 5.92 Å². The summed E-state index contributed by atoms with van der Waals surface area (Å²) in [6, 6.07) is 12.6. The number of alkyl halides is 1. The molecule has 7 heteroatoms. The van der Waals surface area contributed by atoms with Gasteiger partial charge in [0.2, 0.25) is 0 Å². The molecule has 0 saturated heterocycles. The number of fused-ring (bicyclic) bond motifs is 1. The van der Waals surface area contributed by atoms with Crippen LogP contribution in [0.15, 0.2) is 42.5 Å². The van der Waals surface area contributed by atoms with Gasteiger partial charge in [0.25, 0.3) is 11.8 Å². The summed E-state index contributed by atoms with van der Waals surface area (Å²) in [5, 5.41) is 14.6. The third kappa shape index (κ3) is 3.77. The number of carbonyl (C=O) groups is 2. The third-order valence-electron chi connectivity index (χ3n) is 5.88. The lowest BCUT2D eigenvalue weighted by Gasteiger charge is -2.16. The fraction of sp³-hybridized carbons (Fsp3) is 0.391. The van der Waals surface area contributed by atoms with Gasteiger partial charge in [0.1, 0.15) is 18.5 Å². The zero-order valence-corrected chi connectivity index (χ0v) is 16.7. The van der Waals surface area contributed by atoms with Crippen LogP contribution in [-0.4, -0.2) is 49.4 Å². The first-order valence-corrected chi connectivity index (χ1v) is 10.2. The maximum atomic E-state index is 13.8. The lowest BCUT2D eigenvalue weighted by Crippen LogP contribution is -2.28. The van der Waals surface area contributed by atoms with E-state index in [1.165, 1.54) is 13.1 Å². The van der Waals surface area contributed by atoms with Gasteiger partial charge in [-0.3, -0.25) is 9.59 Å². The fourth-order valence-electron chi connectivity index (χ4n) is 4.20. The Labute approximate surface area is 174 Å². The van der Waals surface area contributed by atoms with Crippen LogP contribution in [0.4, 0.5) is 4.39 Å². The number of aliphatic hydroxyl groups excluding tert-OH is 1. The van der Waals surface area contributed by atoms with Crippen molar-refractivity contribution in [2.75, 3.05) is 20.3 Å². The molecule has 0 radical (unpaired) electrons. The molecule has 1 aliphatic carbocycles. The van der Waals surface area contributed by atoms with E-state index in [1.807, 2.05) is 30.3 Å². The van der Waals surface area contributed by atoms with Crippen molar-refractivity contribution in [2.45, 2.75) is 30.9 Å². The number of hydrogen-bond donors (Lipinski definition) is 3. The highest BCUT2D eigenvalue weighted by Crippen LogP contribution is 2.45. The van der Waals surface area contributed by atoms with Crippen molar-refractivity contribution in [1.29, 1.82) is 0 Å². The van der Waals surface area contributed by atoms with Gasteiger partial charge in [-0.15, -0.1) is 0 Å². The number of nitrogens with one attached hydrogen (secondary N) is 2. The van der Waals surface area contributed by atoms with Crippen molar-refractivity contribution < 1.29 is 23.8 Å². The summed E-state index contributed by atoms with van der Waals surface area (Å²) in [5.74, 6) is -0.485. The van der Waals surface area contributed by atoms with Gasteiger partial charge in [-0.1, -0.05) is 30.3 Å². The van der Waals surface area contributed by atoms with Crippen molar-refractivity contribution in [3.05, 3.63) is 64.7 Å². The van der Waals surface area contributed by atoms with E-state index in [1.54, 1.807) is 6.07 Å². The van der Waals surface area contributed by atoms with Crippen LogP contribution in [0.3, 0.4) is 0 Å². The van der Waals surface area contributed by atoms with Crippen LogP contribution in [0.2, 0.25) is 0 Å². The standard InChI is InChI=1S/C23H25FN2O4/c1-25-23(29)17-10-15(22(28)26-18-11-14(18)7-8-27)9-16-20(13-5-3-2-4-6-13)19(12-24)30-21(16)17/h2-6,9-10,14,18-20,27H,7-8,11-12H2,1H3,(H,25,29)(H,26,28)/t14?,18?,19-,20+/m0/s1. The third-order valence-corrected chi connectivity index (χ3v) is 5.88. The Kier molecular flexibility index (Phi) is 5.72. The molecule has 0 bridgehead atoms. The first-order valence-electron chi connectivity index (χ1n) is 10.2. The molecule has 1 aliphatic heterocycles. The van der Waals surface area contributed by atoms with Gasteiger partial charge in [-0.2, -0.15) is 0 Å². The molecule has 4 rings (SSSR count). The lowest BCUT2D eigenvalue weighted by molar-refractivity contribution is 0.0948. The smallest absolute Gasteiger partial charge is 0.254 e. The van der Waals surface area contributed by atoms with Crippen LogP contribution in [-0.2, 0) is 0 Å². The van der Waals surface area contributed by atoms with Gasteiger partial charge >= 0.3 is 0 Å². The van der Waals surface area contributed by atoms with Crippen LogP contribution >= 0.6 is 0 Å². The van der Waals surface area contributed by atoms with E-state index < -0.39 is 24.6 Å². The molecule has 1 fully saturated rings. The second-order valence-corrected chi connectivity index (χ2v) is 7.81. The zero-order chi connectivity index (χ0) is 21.3. The molecule has 1 saturated carbocycles. The number of rotatable bonds is 7. The minimum absolute atomic E-state index is 0.0288. The van der Waals surface area contributed by atoms with Gasteiger partial charge in [0.15, 0.2) is 0 Å². The number of aliphatic hydroxyl groups is 1. The van der Waals surface area contributed by atoms with Crippen LogP contribution in [0.25, 0.3) is 0 Å². The minimum atomic E-state index is -0.763. The van der Waals surface area contributed by atoms with E-state index in [-0.39, 0.29) is 30.0 Å². The minimum Gasteiger partial charge on any atom is -0.486 e. The molecule has 158 valence electrons. The Morgan fingerprint density at radius 2 is 1.97 bits per heavy atom. The van der Waals surface area contributed by atoms with Crippen molar-refractivity contribution in [3.63, 3.8) is 0 Å². The molecule has 30 heavy (non-hydrogen) atoms. The van der Waals surface area contributed by atoms with Crippen LogP contribution in [0.1, 0.15) is 50.6 Å². The summed E-state index contributed by atoms with van der Waals surface area (Å²) < 4.78 is 19.7. The highest BCUT2D eigenvalue weighted by Gasteiger charge is 2.40. The predicted molar refractivity (Wildman–Crippen MR) is 110 cm³/mol. The second kappa shape index (κ2) is 8.44. The maximum Gasteiger partial charge on any atom is 0.254 e. The molecular formula is C23H25FN2O4. The Bertz CT molecular complexity index is 950. The van der Waals surface area contributed by atoms with Crippen molar-refractivity contribution >= 4 is 11.8 Å². The average Bonchev–Trinajstić information content (AvgIpc) is 3.38. The number of carbonyl (C=O) groups excluding carboxylic acids is 2. The van der Waals surface area contributed by atoms with Gasteiger partial charge in [-0.05, 0) is 36.5 Å². The molecule has 1 heterocycles. The molecule has 2 unspecified atom stereocenters. The quantitative estimate of drug-likeness (QED) is 0.652. The summed E-state index contributed by atoms with van der Waals surface area (Å²) >= 11 is 0. The number of hydrogen-bond acceptors (Lipinski definition) is 4. The SMILES string of the molecule is CNC(=O)c1cc(C(=O)NC2CC2CCO)cc2c1O[C@@H](CF)[C@@H]2c1ccccc1. The molecule has 0 aromatic heterocycles. The van der Waals surface area contributed by atoms with Gasteiger partial charge in [-0.25, -0.2) is 4.39 Å². The van der Waals surface area contributed by atoms with E-state index in [2.05, 4.69) is 10.6 Å². The van der Waals surface area contributed by atoms with Crippen LogP contribution < -0.4 is 15.4 Å². The fourth-order valence-corrected chi connectivity index (χ4v) is 4.20. The number of ether oxygens (including phenoxy) is 1. The first-order chi connectivity index (χ1) is 14.6. The molecule has 2 amide bonds. The predicted octanol–water partition coefficient (Wildman–Crippen LogP) is 2.41. The topological polar surface area (TPSA) is 87.7 Å². The Balaban J connectivity index is 1.72. The first kappa shape index (κ1) is 20.3. The summed E-state index contributed by atoms with van der Waals surface area (Å²) in [7, 11) is 1.50. The number of halogens is 1. The molecule has 2 aromatic rings. The summed E-state index contributed by atoms with van der Waals surface area (Å²) in [6.45, 7) is -0.620. The molecular weight excluding hydrogens is 387 g/mol. The maximum absolute atomic E-state index is 13.8. The highest BCUT2D eigenvalue weighted by molar-refractivity contribution is 6.02. The highest BCUT2D eigenvalue weighted by atomic mass is 19.1. The molecule has 6 nitrogen and oxygen atoms in total. The lowest BCUT2D eigenvalue weighted by atomic mass is 9.86. The monoisotopic (exact) mass is 412 g/mol. The van der Waals surface area contributed by atoms with Crippen molar-refractivity contribution in [3.8, 4) is 5.75 Å². The van der Waals surface area contributed by atoms with E-state index >= 15 is 0 Å². The Morgan fingerprint density at radius 3 is 2.63 bits per heavy atom. The molecule has 0 spiro atoms. The zero-order valence-electron chi connectivity index (χ0n) is 16.7. The number of benzene rings is 2. The van der Waals surface area contributed by atoms with Gasteiger partial charge in [0.05, 0.1) is 11.5 Å². The molecule has 4 atom stereocenters. The Morgan fingerprint density at radius 1 is 1.20 bits per heavy atom. The van der Waals surface area contributed by atoms with Crippen molar-refractivity contribution in [1.82, 2.24) is 10.6 Å². The summed E-state index contributed by atoms with van der Waals surface area (Å²) in [5.41, 5.74) is 2.06. The van der Waals surface area contributed by atoms with Gasteiger partial charge < -0.3 is 20.5 Å². The normalized spacial score (nSPS) is 24.0. The van der Waals surface area contributed by atoms with Crippen LogP contribution in [0, 0.1) is 5.92 Å². The summed E-state index contributed by atoms with van der Waals surface area (Å²) in [4.78, 5) is 25.4. The second-order valence-electron chi connectivity index (χ2n) is 7.81. The summed E-state index contributed by atoms with van der Waals surface area (Å²) in [6.07, 6.45) is 0.724. The van der Waals surface area contributed by atoms with Gasteiger partial charge in [0, 0.05) is 30.8 Å². The molecule has 2 aliphatic rings. The molecule has 2 aromatic carbocycles. The van der Waals surface area contributed by atoms with E-state index in [0.29, 0.717) is 23.3 Å². The number of amides is 2. The van der Waals surface area contributed by atoms with Crippen LogP contribution in [0.5, 0.6) is 5.75 Å².